The quantitative estimate of drug-likeness (QED) is 0.206. The van der Waals surface area contributed by atoms with Gasteiger partial charge in [0.25, 0.3) is 23.6 Å². The van der Waals surface area contributed by atoms with Crippen LogP contribution in [0.4, 0.5) is 21.0 Å². The van der Waals surface area contributed by atoms with E-state index in [4.69, 9.17) is 0 Å². The lowest BCUT2D eigenvalue weighted by Crippen LogP contribution is -2.58. The summed E-state index contributed by atoms with van der Waals surface area (Å²) in [4.78, 5) is 76.0. The summed E-state index contributed by atoms with van der Waals surface area (Å²) in [6, 6.07) is 2.25. The van der Waals surface area contributed by atoms with E-state index < -0.39 is 73.8 Å². The van der Waals surface area contributed by atoms with E-state index in [-0.39, 0.29) is 33.9 Å². The lowest BCUT2D eigenvalue weighted by atomic mass is 10.0. The zero-order valence-corrected chi connectivity index (χ0v) is 27.7. The van der Waals surface area contributed by atoms with Gasteiger partial charge in [0.2, 0.25) is 22.1 Å². The first-order valence-electron chi connectivity index (χ1n) is 13.9. The maximum Gasteiger partial charge on any atom is 0.333 e. The number of amides is 8. The number of rotatable bonds is 10. The first kappa shape index (κ1) is 35.7. The second kappa shape index (κ2) is 13.9. The van der Waals surface area contributed by atoms with E-state index in [9.17, 15) is 45.9 Å². The predicted octanol–water partition coefficient (Wildman–Crippen LogP) is 1.63. The first-order valence-corrected chi connectivity index (χ1v) is 16.5. The highest BCUT2D eigenvalue weighted by molar-refractivity contribution is 7.89. The van der Waals surface area contributed by atoms with Crippen molar-refractivity contribution in [3.8, 4) is 11.1 Å². The first-order chi connectivity index (χ1) is 22.5. The van der Waals surface area contributed by atoms with Gasteiger partial charge in [-0.1, -0.05) is 19.1 Å². The number of benzene rings is 2. The zero-order valence-electron chi connectivity index (χ0n) is 26.0. The molecular formula is C27H29N9O10S2. The number of urea groups is 2. The molecule has 0 radical (unpaired) electrons. The Kier molecular flexibility index (Phi) is 10.4. The minimum absolute atomic E-state index is 0.0237. The molecule has 2 aromatic rings. The third-order valence-electron chi connectivity index (χ3n) is 7.22. The molecule has 0 saturated carbocycles. The van der Waals surface area contributed by atoms with Crippen LogP contribution >= 0.6 is 0 Å². The third kappa shape index (κ3) is 6.79. The minimum Gasteiger partial charge on any atom is -0.302 e. The van der Waals surface area contributed by atoms with Crippen LogP contribution in [-0.2, 0) is 40.3 Å². The molecule has 0 bridgehead atoms. The highest BCUT2D eigenvalue weighted by Gasteiger charge is 2.44. The predicted molar refractivity (Wildman–Crippen MR) is 165 cm³/mol. The molecule has 8 amide bonds. The molecule has 2 fully saturated rings. The van der Waals surface area contributed by atoms with Crippen LogP contribution in [0.3, 0.4) is 0 Å². The molecule has 0 aromatic heterocycles. The summed E-state index contributed by atoms with van der Waals surface area (Å²) in [5.74, 6) is -3.72. The fraction of sp³-hybridized carbons (Fsp3) is 0.333. The monoisotopic (exact) mass is 703 g/mol. The van der Waals surface area contributed by atoms with Gasteiger partial charge in [0.05, 0.1) is 21.2 Å². The van der Waals surface area contributed by atoms with Crippen LogP contribution in [0.5, 0.6) is 0 Å². The van der Waals surface area contributed by atoms with Crippen LogP contribution in [0.2, 0.25) is 0 Å². The Morgan fingerprint density at radius 3 is 1.56 bits per heavy atom. The van der Waals surface area contributed by atoms with Gasteiger partial charge in [-0.05, 0) is 30.7 Å². The standard InChI is InChI=1S/C27H29N9O10S2/c1-6-11-28-48(45,46)19-13-15(30-32-21-24(39)35(4)27(42)36(5)25(21)40)8-10-17(19)16-9-7-14(12-18(16)47(43)44)29-31-20-22(37)33(2)26(41)34(3)23(20)38/h7-10,12-13,20-21,28H,6,11H2,1-5H3,(H,43,44). The van der Waals surface area contributed by atoms with Crippen molar-refractivity contribution in [3.05, 3.63) is 36.4 Å². The Balaban J connectivity index is 1.76. The number of barbiturate groups is 2. The summed E-state index contributed by atoms with van der Waals surface area (Å²) in [6.07, 6.45) is 0.428. The number of nitrogens with zero attached hydrogens (tertiary/aromatic N) is 8. The van der Waals surface area contributed by atoms with Crippen LogP contribution in [0, 0.1) is 0 Å². The van der Waals surface area contributed by atoms with Gasteiger partial charge in [0.1, 0.15) is 0 Å². The van der Waals surface area contributed by atoms with Gasteiger partial charge in [-0.2, -0.15) is 20.5 Å². The van der Waals surface area contributed by atoms with E-state index in [2.05, 4.69) is 25.2 Å². The highest BCUT2D eigenvalue weighted by atomic mass is 32.2. The molecule has 21 heteroatoms. The lowest BCUT2D eigenvalue weighted by Gasteiger charge is -2.30. The molecule has 2 saturated heterocycles. The molecule has 48 heavy (non-hydrogen) atoms. The highest BCUT2D eigenvalue weighted by Crippen LogP contribution is 2.36. The van der Waals surface area contributed by atoms with E-state index in [1.165, 1.54) is 52.5 Å². The number of sulfonamides is 1. The Morgan fingerprint density at radius 2 is 1.15 bits per heavy atom. The zero-order chi connectivity index (χ0) is 35.7. The molecule has 0 aliphatic carbocycles. The fourth-order valence-corrected chi connectivity index (χ4v) is 6.45. The number of azo groups is 2. The van der Waals surface area contributed by atoms with E-state index in [0.717, 1.165) is 12.1 Å². The van der Waals surface area contributed by atoms with Crippen molar-refractivity contribution in [1.82, 2.24) is 24.3 Å². The summed E-state index contributed by atoms with van der Waals surface area (Å²) >= 11 is -2.73. The van der Waals surface area contributed by atoms with Crippen LogP contribution < -0.4 is 4.72 Å². The van der Waals surface area contributed by atoms with E-state index in [1.807, 2.05) is 0 Å². The average molecular weight is 704 g/mol. The fourth-order valence-electron chi connectivity index (χ4n) is 4.49. The van der Waals surface area contributed by atoms with E-state index in [1.54, 1.807) is 6.92 Å². The summed E-state index contributed by atoms with van der Waals surface area (Å²) < 4.78 is 51.9. The Morgan fingerprint density at radius 1 is 0.729 bits per heavy atom. The summed E-state index contributed by atoms with van der Waals surface area (Å²) in [5.41, 5.74) is -0.254. The molecule has 0 spiro atoms. The van der Waals surface area contributed by atoms with Gasteiger partial charge in [0, 0.05) is 45.9 Å². The SMILES string of the molecule is CCCNS(=O)(=O)c1cc(N=NC2C(=O)N(C)C(=O)N(C)C2=O)ccc1-c1ccc(N=NC2C(=O)N(C)C(=O)N(C)C2=O)cc1S(=O)O. The van der Waals surface area contributed by atoms with Gasteiger partial charge in [-0.15, -0.1) is 0 Å². The number of carbonyl (C=O) groups is 6. The molecule has 4 rings (SSSR count). The molecule has 2 aliphatic heterocycles. The molecule has 1 unspecified atom stereocenters. The van der Waals surface area contributed by atoms with Gasteiger partial charge in [0.15, 0.2) is 11.1 Å². The molecule has 2 heterocycles. The summed E-state index contributed by atoms with van der Waals surface area (Å²) in [6.45, 7) is 1.77. The third-order valence-corrected chi connectivity index (χ3v) is 9.44. The molecule has 1 atom stereocenters. The largest absolute Gasteiger partial charge is 0.333 e. The average Bonchev–Trinajstić information content (AvgIpc) is 3.07. The van der Waals surface area contributed by atoms with Gasteiger partial charge in [-0.25, -0.2) is 26.9 Å². The molecular weight excluding hydrogens is 674 g/mol. The Bertz CT molecular complexity index is 1880. The van der Waals surface area contributed by atoms with Gasteiger partial charge < -0.3 is 4.55 Å². The van der Waals surface area contributed by atoms with Crippen LogP contribution in [0.1, 0.15) is 13.3 Å². The maximum atomic E-state index is 13.4. The number of hydrogen-bond donors (Lipinski definition) is 2. The Labute approximate surface area is 276 Å². The van der Waals surface area contributed by atoms with Crippen molar-refractivity contribution in [3.63, 3.8) is 0 Å². The van der Waals surface area contributed by atoms with Crippen molar-refractivity contribution in [2.75, 3.05) is 34.7 Å². The van der Waals surface area contributed by atoms with Crippen molar-refractivity contribution < 1.29 is 45.9 Å². The van der Waals surface area contributed by atoms with Crippen molar-refractivity contribution in [1.29, 1.82) is 0 Å². The van der Waals surface area contributed by atoms with Crippen molar-refractivity contribution >= 4 is 68.2 Å². The normalized spacial score (nSPS) is 18.0. The molecule has 2 aromatic carbocycles. The lowest BCUT2D eigenvalue weighted by molar-refractivity contribution is -0.144. The second-order valence-corrected chi connectivity index (χ2v) is 13.1. The molecule has 2 N–H and O–H groups in total. The second-order valence-electron chi connectivity index (χ2n) is 10.4. The smallest absolute Gasteiger partial charge is 0.302 e. The number of carbonyl (C=O) groups excluding carboxylic acids is 6. The summed E-state index contributed by atoms with van der Waals surface area (Å²) in [7, 11) is 0.365. The van der Waals surface area contributed by atoms with Crippen LogP contribution in [0.25, 0.3) is 11.1 Å². The maximum absolute atomic E-state index is 13.4. The molecule has 19 nitrogen and oxygen atoms in total. The minimum atomic E-state index is -4.30. The molecule has 254 valence electrons. The van der Waals surface area contributed by atoms with Crippen molar-refractivity contribution in [2.24, 2.45) is 20.5 Å². The number of nitrogens with one attached hydrogen (secondary N) is 1. The molecule has 2 aliphatic rings. The van der Waals surface area contributed by atoms with E-state index >= 15 is 0 Å². The topological polar surface area (TPSA) is 248 Å². The van der Waals surface area contributed by atoms with Gasteiger partial charge in [-0.3, -0.25) is 38.8 Å². The number of hydrogen-bond acceptors (Lipinski definition) is 13. The Hall–Kier alpha value is -5.12. The number of imide groups is 4. The van der Waals surface area contributed by atoms with Crippen LogP contribution in [-0.4, -0.2) is 119 Å². The van der Waals surface area contributed by atoms with Crippen LogP contribution in [0.15, 0.2) is 66.6 Å². The van der Waals surface area contributed by atoms with Gasteiger partial charge >= 0.3 is 12.1 Å². The summed E-state index contributed by atoms with van der Waals surface area (Å²) in [5, 5.41) is 15.3. The number of likely N-dealkylation sites (N-methyl/N-ethyl adjacent to an activating group) is 4. The van der Waals surface area contributed by atoms with E-state index in [0.29, 0.717) is 26.0 Å². The van der Waals surface area contributed by atoms with Crippen molar-refractivity contribution in [2.45, 2.75) is 35.2 Å².